The second-order valence-electron chi connectivity index (χ2n) is 20.4. The number of hydrogen-bond acceptors (Lipinski definition) is 18. The van der Waals surface area contributed by atoms with Gasteiger partial charge in [-0.05, 0) is 64.2 Å². The number of carbonyl (C=O) groups excluding carboxylic acids is 1. The van der Waals surface area contributed by atoms with Crippen LogP contribution in [0.25, 0.3) is 0 Å². The van der Waals surface area contributed by atoms with Gasteiger partial charge in [-0.15, -0.1) is 0 Å². The number of carbonyl (C=O) groups is 1. The molecule has 19 nitrogen and oxygen atoms in total. The SMILES string of the molecule is CCCC/C=C/CC/C=C/C(O)C(COC1OC(CO)C(OC2OC(CO)C(OC3OC(CO)C(O)C(O)C3O)C(O)C2O)C(O)C1O)NC(=O)CCCCCCCCCC/C=C\C/C=C\C/C=C\CCCCCCC. The number of aliphatic hydroxyl groups excluding tert-OH is 11. The molecule has 0 bridgehead atoms. The third-order valence-corrected chi connectivity index (χ3v) is 14.0. The van der Waals surface area contributed by atoms with E-state index in [-0.39, 0.29) is 18.9 Å². The topological polar surface area (TPSA) is 307 Å². The summed E-state index contributed by atoms with van der Waals surface area (Å²) in [5, 5.41) is 120. The maximum Gasteiger partial charge on any atom is 0.220 e. The second-order valence-corrected chi connectivity index (χ2v) is 20.4. The van der Waals surface area contributed by atoms with Gasteiger partial charge in [0.05, 0.1) is 38.6 Å². The molecule has 19 heteroatoms. The Morgan fingerprint density at radius 1 is 0.474 bits per heavy atom. The van der Waals surface area contributed by atoms with Crippen LogP contribution in [0.15, 0.2) is 60.8 Å². The first-order valence-electron chi connectivity index (χ1n) is 28.5. The van der Waals surface area contributed by atoms with Crippen molar-refractivity contribution in [3.8, 4) is 0 Å². The van der Waals surface area contributed by atoms with E-state index in [1.54, 1.807) is 6.08 Å². The Morgan fingerprint density at radius 3 is 1.45 bits per heavy atom. The molecule has 17 unspecified atom stereocenters. The van der Waals surface area contributed by atoms with E-state index in [9.17, 15) is 61.0 Å². The van der Waals surface area contributed by atoms with Crippen molar-refractivity contribution in [2.24, 2.45) is 0 Å². The Bertz CT molecular complexity index is 1630. The third kappa shape index (κ3) is 24.9. The van der Waals surface area contributed by atoms with Gasteiger partial charge in [-0.3, -0.25) is 4.79 Å². The van der Waals surface area contributed by atoms with Crippen LogP contribution >= 0.6 is 0 Å². The molecule has 12 N–H and O–H groups in total. The second kappa shape index (κ2) is 40.6. The van der Waals surface area contributed by atoms with E-state index in [1.165, 1.54) is 57.8 Å². The smallest absolute Gasteiger partial charge is 0.220 e. The lowest BCUT2D eigenvalue weighted by Gasteiger charge is -2.48. The Hall–Kier alpha value is -2.51. The summed E-state index contributed by atoms with van der Waals surface area (Å²) in [6.07, 6.45) is 18.2. The highest BCUT2D eigenvalue weighted by Gasteiger charge is 2.53. The van der Waals surface area contributed by atoms with Gasteiger partial charge in [0.2, 0.25) is 5.91 Å². The summed E-state index contributed by atoms with van der Waals surface area (Å²) in [7, 11) is 0. The fourth-order valence-electron chi connectivity index (χ4n) is 9.26. The molecule has 0 aromatic heterocycles. The van der Waals surface area contributed by atoms with Crippen LogP contribution in [0.1, 0.15) is 162 Å². The van der Waals surface area contributed by atoms with Gasteiger partial charge < -0.3 is 89.9 Å². The Labute approximate surface area is 452 Å². The minimum Gasteiger partial charge on any atom is -0.394 e. The number of nitrogens with one attached hydrogen (secondary N) is 1. The van der Waals surface area contributed by atoms with Crippen molar-refractivity contribution in [1.82, 2.24) is 5.32 Å². The Kier molecular flexibility index (Phi) is 36.2. The lowest BCUT2D eigenvalue weighted by molar-refractivity contribution is -0.379. The summed E-state index contributed by atoms with van der Waals surface area (Å²) in [5.41, 5.74) is 0. The normalized spacial score (nSPS) is 31.4. The molecule has 0 spiro atoms. The van der Waals surface area contributed by atoms with Crippen molar-refractivity contribution in [1.29, 1.82) is 0 Å². The molecule has 1 amide bonds. The minimum absolute atomic E-state index is 0.224. The van der Waals surface area contributed by atoms with E-state index in [0.717, 1.165) is 70.6 Å². The third-order valence-electron chi connectivity index (χ3n) is 14.0. The summed E-state index contributed by atoms with van der Waals surface area (Å²) in [5.74, 6) is -0.300. The van der Waals surface area contributed by atoms with Gasteiger partial charge in [0.25, 0.3) is 0 Å². The van der Waals surface area contributed by atoms with Crippen molar-refractivity contribution >= 4 is 5.91 Å². The van der Waals surface area contributed by atoms with Crippen molar-refractivity contribution in [2.45, 2.75) is 266 Å². The van der Waals surface area contributed by atoms with Gasteiger partial charge in [0.1, 0.15) is 73.2 Å². The first-order chi connectivity index (χ1) is 36.8. The predicted octanol–water partition coefficient (Wildman–Crippen LogP) is 4.09. The van der Waals surface area contributed by atoms with Gasteiger partial charge >= 0.3 is 0 Å². The molecular weight excluding hydrogens is 987 g/mol. The van der Waals surface area contributed by atoms with Crippen molar-refractivity contribution < 1.29 is 89.4 Å². The Morgan fingerprint density at radius 2 is 0.895 bits per heavy atom. The van der Waals surface area contributed by atoms with Gasteiger partial charge in [0, 0.05) is 6.42 Å². The zero-order chi connectivity index (χ0) is 55.5. The molecule has 3 rings (SSSR count). The fraction of sp³-hybridized carbons (Fsp3) is 0.807. The predicted molar refractivity (Wildman–Crippen MR) is 286 cm³/mol. The summed E-state index contributed by atoms with van der Waals surface area (Å²) >= 11 is 0. The highest BCUT2D eigenvalue weighted by atomic mass is 16.8. The molecule has 440 valence electrons. The van der Waals surface area contributed by atoms with E-state index in [0.29, 0.717) is 12.8 Å². The summed E-state index contributed by atoms with van der Waals surface area (Å²) < 4.78 is 34.1. The van der Waals surface area contributed by atoms with Crippen molar-refractivity contribution in [3.63, 3.8) is 0 Å². The van der Waals surface area contributed by atoms with E-state index in [1.807, 2.05) is 6.08 Å². The van der Waals surface area contributed by atoms with Crippen LogP contribution in [0.3, 0.4) is 0 Å². The summed E-state index contributed by atoms with van der Waals surface area (Å²) in [4.78, 5) is 13.2. The van der Waals surface area contributed by atoms with Crippen LogP contribution in [0.2, 0.25) is 0 Å². The minimum atomic E-state index is -1.98. The fourth-order valence-corrected chi connectivity index (χ4v) is 9.26. The van der Waals surface area contributed by atoms with Gasteiger partial charge in [0.15, 0.2) is 18.9 Å². The van der Waals surface area contributed by atoms with Gasteiger partial charge in [-0.1, -0.05) is 152 Å². The summed E-state index contributed by atoms with van der Waals surface area (Å²) in [6, 6.07) is -0.993. The molecule has 0 saturated carbocycles. The number of rotatable bonds is 40. The van der Waals surface area contributed by atoms with Crippen molar-refractivity contribution in [2.75, 3.05) is 26.4 Å². The van der Waals surface area contributed by atoms with E-state index in [2.05, 4.69) is 67.8 Å². The zero-order valence-electron chi connectivity index (χ0n) is 45.5. The highest BCUT2D eigenvalue weighted by Crippen LogP contribution is 2.33. The number of ether oxygens (including phenoxy) is 6. The van der Waals surface area contributed by atoms with Gasteiger partial charge in [-0.25, -0.2) is 0 Å². The molecule has 0 aliphatic carbocycles. The molecule has 0 aromatic carbocycles. The molecule has 0 radical (unpaired) electrons. The monoisotopic (exact) mass is 1090 g/mol. The van der Waals surface area contributed by atoms with Crippen molar-refractivity contribution in [3.05, 3.63) is 60.8 Å². The lowest BCUT2D eigenvalue weighted by atomic mass is 9.96. The zero-order valence-corrected chi connectivity index (χ0v) is 45.5. The first-order valence-corrected chi connectivity index (χ1v) is 28.5. The van der Waals surface area contributed by atoms with E-state index >= 15 is 0 Å². The summed E-state index contributed by atoms with van der Waals surface area (Å²) in [6.45, 7) is 1.57. The number of amides is 1. The quantitative estimate of drug-likeness (QED) is 0.0304. The average Bonchev–Trinajstić information content (AvgIpc) is 3.41. The Balaban J connectivity index is 1.46. The molecule has 3 fully saturated rings. The molecule has 3 saturated heterocycles. The maximum absolute atomic E-state index is 13.2. The molecule has 76 heavy (non-hydrogen) atoms. The average molecular weight is 1090 g/mol. The van der Waals surface area contributed by atoms with Gasteiger partial charge in [-0.2, -0.15) is 0 Å². The molecular formula is C57H99NO18. The largest absolute Gasteiger partial charge is 0.394 e. The molecule has 3 aliphatic heterocycles. The number of hydrogen-bond donors (Lipinski definition) is 12. The van der Waals surface area contributed by atoms with E-state index in [4.69, 9.17) is 28.4 Å². The number of aliphatic hydroxyl groups is 11. The van der Waals surface area contributed by atoms with Crippen LogP contribution in [-0.4, -0.2) is 193 Å². The standard InChI is InChI=1S/C57H99NO18/c1-3-5-7-9-11-13-14-15-16-17-18-19-20-21-22-23-24-25-26-27-29-31-33-35-45(63)58-40(41(62)34-32-30-28-12-10-8-6-4-2)39-71-55-51(69)48(66)53(43(37-60)73-55)76-57-52(70)49(67)54(44(38-61)74-57)75-56-50(68)47(65)46(64)42(36-59)72-56/h10,12,14-15,17-18,20-21,32,34,40-44,46-57,59-62,64-70H,3-9,11,13,16,19,22-31,33,35-39H2,1-2H3,(H,58,63)/b12-10+,15-14-,18-17-,21-20-,34-32+. The number of unbranched alkanes of at least 4 members (excludes halogenated alkanes) is 16. The molecule has 3 aliphatic rings. The molecule has 0 aromatic rings. The van der Waals surface area contributed by atoms with E-state index < -0.39 is 124 Å². The van der Waals surface area contributed by atoms with Crippen LogP contribution in [0.5, 0.6) is 0 Å². The first kappa shape index (κ1) is 67.8. The number of allylic oxidation sites excluding steroid dienone is 9. The highest BCUT2D eigenvalue weighted by molar-refractivity contribution is 5.76. The maximum atomic E-state index is 13.2. The lowest BCUT2D eigenvalue weighted by Crippen LogP contribution is -2.66. The molecule has 17 atom stereocenters. The van der Waals surface area contributed by atoms with Crippen LogP contribution in [-0.2, 0) is 33.2 Å². The van der Waals surface area contributed by atoms with Crippen LogP contribution in [0, 0.1) is 0 Å². The molecule has 3 heterocycles. The van der Waals surface area contributed by atoms with Crippen LogP contribution < -0.4 is 5.32 Å². The van der Waals surface area contributed by atoms with Crippen LogP contribution in [0.4, 0.5) is 0 Å².